The monoisotopic (exact) mass is 406 g/mol. The number of allylic oxidation sites excluding steroid dienone is 2. The highest BCUT2D eigenvalue weighted by Crippen LogP contribution is 2.28. The van der Waals surface area contributed by atoms with Crippen molar-refractivity contribution in [2.24, 2.45) is 5.92 Å². The van der Waals surface area contributed by atoms with Crippen molar-refractivity contribution in [1.29, 1.82) is 0 Å². The van der Waals surface area contributed by atoms with Crippen LogP contribution in [0.3, 0.4) is 0 Å². The Balaban J connectivity index is 1.32. The van der Waals surface area contributed by atoms with E-state index in [-0.39, 0.29) is 5.91 Å². The van der Waals surface area contributed by atoms with Gasteiger partial charge in [0.05, 0.1) is 6.54 Å². The first-order valence-corrected chi connectivity index (χ1v) is 10.7. The fraction of sp³-hybridized carbons (Fsp3) is 0.478. The summed E-state index contributed by atoms with van der Waals surface area (Å²) in [5.41, 5.74) is 3.46. The van der Waals surface area contributed by atoms with E-state index < -0.39 is 0 Å². The third kappa shape index (κ3) is 4.84. The summed E-state index contributed by atoms with van der Waals surface area (Å²) < 4.78 is 2.17. The predicted octanol–water partition coefficient (Wildman–Crippen LogP) is 2.76. The van der Waals surface area contributed by atoms with Crippen LogP contribution in [0.25, 0.3) is 0 Å². The van der Waals surface area contributed by atoms with E-state index in [4.69, 9.17) is 0 Å². The molecule has 0 fully saturated rings. The van der Waals surface area contributed by atoms with E-state index in [2.05, 4.69) is 49.5 Å². The average Bonchev–Trinajstić information content (AvgIpc) is 3.05. The summed E-state index contributed by atoms with van der Waals surface area (Å²) in [6, 6.07) is 3.41. The third-order valence-corrected chi connectivity index (χ3v) is 6.17. The maximum Gasteiger partial charge on any atom is 0.251 e. The minimum atomic E-state index is -0.123. The molecule has 0 spiro atoms. The van der Waals surface area contributed by atoms with Crippen LogP contribution in [0.1, 0.15) is 48.2 Å². The number of rotatable bonds is 6. The number of carbonyl (C=O) groups is 1. The zero-order chi connectivity index (χ0) is 20.9. The topological polar surface area (TPSA) is 75.9 Å². The molecular weight excluding hydrogens is 376 g/mol. The molecule has 7 nitrogen and oxygen atoms in total. The zero-order valence-electron chi connectivity index (χ0n) is 17.7. The number of nitrogens with zero attached hydrogens (tertiary/aromatic N) is 5. The second kappa shape index (κ2) is 9.34. The molecule has 4 rings (SSSR count). The van der Waals surface area contributed by atoms with Crippen molar-refractivity contribution >= 4 is 5.91 Å². The lowest BCUT2D eigenvalue weighted by molar-refractivity contribution is 0.0949. The van der Waals surface area contributed by atoms with E-state index in [0.29, 0.717) is 18.0 Å². The lowest BCUT2D eigenvalue weighted by Crippen LogP contribution is -2.30. The summed E-state index contributed by atoms with van der Waals surface area (Å²) in [6.07, 6.45) is 10.1. The number of carbonyl (C=O) groups excluding carboxylic acids is 1. The molecule has 7 heteroatoms. The molecule has 2 aliphatic rings. The van der Waals surface area contributed by atoms with Crippen LogP contribution in [-0.4, -0.2) is 50.2 Å². The van der Waals surface area contributed by atoms with Crippen LogP contribution in [0.5, 0.6) is 0 Å². The Morgan fingerprint density at radius 3 is 2.77 bits per heavy atom. The van der Waals surface area contributed by atoms with Crippen LogP contribution in [0.2, 0.25) is 0 Å². The van der Waals surface area contributed by atoms with Gasteiger partial charge in [0.25, 0.3) is 5.91 Å². The fourth-order valence-corrected chi connectivity index (χ4v) is 4.25. The molecule has 30 heavy (non-hydrogen) atoms. The first kappa shape index (κ1) is 20.5. The Hall–Kier alpha value is -2.80. The summed E-state index contributed by atoms with van der Waals surface area (Å²) in [6.45, 7) is 10.5. The molecule has 2 aromatic heterocycles. The Bertz CT molecular complexity index is 932. The molecule has 0 saturated heterocycles. The SMILES string of the molecule is C=C(C)[C@@H]1CC=C(CN2CCc3nnc(CNC(=O)c4ccncc4)n3CC2)CC1. The minimum Gasteiger partial charge on any atom is -0.345 e. The first-order valence-electron chi connectivity index (χ1n) is 10.7. The van der Waals surface area contributed by atoms with Gasteiger partial charge in [0.2, 0.25) is 0 Å². The maximum absolute atomic E-state index is 12.3. The number of aromatic nitrogens is 4. The third-order valence-electron chi connectivity index (χ3n) is 6.17. The highest BCUT2D eigenvalue weighted by molar-refractivity contribution is 5.93. The number of hydrogen-bond acceptors (Lipinski definition) is 5. The van der Waals surface area contributed by atoms with Gasteiger partial charge in [0.15, 0.2) is 5.82 Å². The molecule has 1 N–H and O–H groups in total. The quantitative estimate of drug-likeness (QED) is 0.747. The number of nitrogens with one attached hydrogen (secondary N) is 1. The summed E-state index contributed by atoms with van der Waals surface area (Å²) in [7, 11) is 0. The van der Waals surface area contributed by atoms with Crippen LogP contribution in [0.4, 0.5) is 0 Å². The van der Waals surface area contributed by atoms with Crippen LogP contribution in [0, 0.1) is 5.92 Å². The van der Waals surface area contributed by atoms with Gasteiger partial charge in [-0.15, -0.1) is 10.2 Å². The van der Waals surface area contributed by atoms with Gasteiger partial charge in [-0.25, -0.2) is 0 Å². The van der Waals surface area contributed by atoms with Crippen molar-refractivity contribution < 1.29 is 4.79 Å². The normalized spacial score (nSPS) is 19.5. The Morgan fingerprint density at radius 1 is 1.20 bits per heavy atom. The number of fused-ring (bicyclic) bond motifs is 1. The Morgan fingerprint density at radius 2 is 2.03 bits per heavy atom. The highest BCUT2D eigenvalue weighted by atomic mass is 16.1. The molecule has 0 aromatic carbocycles. The average molecular weight is 407 g/mol. The molecule has 1 aliphatic carbocycles. The summed E-state index contributed by atoms with van der Waals surface area (Å²) >= 11 is 0. The standard InChI is InChI=1S/C23H30N6O/c1-17(2)19-5-3-18(4-6-19)16-28-12-9-21-26-27-22(29(21)14-13-28)15-25-23(30)20-7-10-24-11-8-20/h3,7-8,10-11,19H,1,4-6,9,12-16H2,2H3,(H,25,30)/t19-/m1/s1. The zero-order valence-corrected chi connectivity index (χ0v) is 17.7. The molecule has 0 saturated carbocycles. The molecule has 1 atom stereocenters. The number of amides is 1. The largest absolute Gasteiger partial charge is 0.345 e. The molecule has 3 heterocycles. The van der Waals surface area contributed by atoms with Crippen molar-refractivity contribution in [1.82, 2.24) is 30.0 Å². The van der Waals surface area contributed by atoms with Crippen molar-refractivity contribution in [3.63, 3.8) is 0 Å². The Kier molecular flexibility index (Phi) is 6.38. The molecule has 1 aliphatic heterocycles. The van der Waals surface area contributed by atoms with Crippen LogP contribution >= 0.6 is 0 Å². The highest BCUT2D eigenvalue weighted by Gasteiger charge is 2.21. The van der Waals surface area contributed by atoms with Crippen LogP contribution < -0.4 is 5.32 Å². The van der Waals surface area contributed by atoms with Crippen molar-refractivity contribution in [2.75, 3.05) is 19.6 Å². The fourth-order valence-electron chi connectivity index (χ4n) is 4.25. The summed E-state index contributed by atoms with van der Waals surface area (Å²) in [4.78, 5) is 18.8. The van der Waals surface area contributed by atoms with Gasteiger partial charge in [-0.3, -0.25) is 14.7 Å². The van der Waals surface area contributed by atoms with Crippen molar-refractivity contribution in [2.45, 2.75) is 45.7 Å². The molecule has 0 radical (unpaired) electrons. The molecule has 158 valence electrons. The van der Waals surface area contributed by atoms with E-state index in [0.717, 1.165) is 50.7 Å². The summed E-state index contributed by atoms with van der Waals surface area (Å²) in [5, 5.41) is 11.6. The van der Waals surface area contributed by atoms with Gasteiger partial charge < -0.3 is 9.88 Å². The van der Waals surface area contributed by atoms with Gasteiger partial charge in [0, 0.05) is 50.6 Å². The van der Waals surface area contributed by atoms with Gasteiger partial charge in [0.1, 0.15) is 5.82 Å². The van der Waals surface area contributed by atoms with Gasteiger partial charge >= 0.3 is 0 Å². The smallest absolute Gasteiger partial charge is 0.251 e. The number of pyridine rings is 1. The van der Waals surface area contributed by atoms with E-state index in [9.17, 15) is 4.79 Å². The van der Waals surface area contributed by atoms with Gasteiger partial charge in [-0.05, 0) is 44.2 Å². The van der Waals surface area contributed by atoms with Gasteiger partial charge in [-0.1, -0.05) is 23.8 Å². The second-order valence-electron chi connectivity index (χ2n) is 8.31. The lowest BCUT2D eigenvalue weighted by atomic mass is 9.85. The minimum absolute atomic E-state index is 0.123. The Labute approximate surface area is 177 Å². The van der Waals surface area contributed by atoms with E-state index in [1.54, 1.807) is 30.1 Å². The van der Waals surface area contributed by atoms with Crippen molar-refractivity contribution in [3.8, 4) is 0 Å². The van der Waals surface area contributed by atoms with E-state index in [1.807, 2.05) is 0 Å². The molecule has 0 bridgehead atoms. The van der Waals surface area contributed by atoms with Crippen LogP contribution in [-0.2, 0) is 19.5 Å². The maximum atomic E-state index is 12.3. The molecule has 0 unspecified atom stereocenters. The lowest BCUT2D eigenvalue weighted by Gasteiger charge is -2.26. The summed E-state index contributed by atoms with van der Waals surface area (Å²) in [5.74, 6) is 2.35. The van der Waals surface area contributed by atoms with E-state index >= 15 is 0 Å². The predicted molar refractivity (Wildman–Crippen MR) is 116 cm³/mol. The number of hydrogen-bond donors (Lipinski definition) is 1. The molecule has 2 aromatic rings. The molecule has 1 amide bonds. The van der Waals surface area contributed by atoms with Crippen molar-refractivity contribution in [3.05, 3.63) is 65.5 Å². The van der Waals surface area contributed by atoms with E-state index in [1.165, 1.54) is 18.4 Å². The molecular formula is C23H30N6O. The first-order chi connectivity index (χ1) is 14.6. The van der Waals surface area contributed by atoms with Gasteiger partial charge in [-0.2, -0.15) is 0 Å². The van der Waals surface area contributed by atoms with Crippen LogP contribution in [0.15, 0.2) is 48.3 Å². The second-order valence-corrected chi connectivity index (χ2v) is 8.31.